The Bertz CT molecular complexity index is 1260. The minimum absolute atomic E-state index is 0.0901. The number of carboxylic acid groups (broad SMARTS) is 1. The molecule has 0 radical (unpaired) electrons. The van der Waals surface area contributed by atoms with Crippen molar-refractivity contribution in [1.29, 1.82) is 0 Å². The summed E-state index contributed by atoms with van der Waals surface area (Å²) >= 11 is 5.87. The second-order valence-corrected chi connectivity index (χ2v) is 8.39. The summed E-state index contributed by atoms with van der Waals surface area (Å²) in [7, 11) is -3.94. The third-order valence-corrected chi connectivity index (χ3v) is 5.63. The molecule has 0 atom stereocenters. The Labute approximate surface area is 183 Å². The van der Waals surface area contributed by atoms with Gasteiger partial charge in [-0.25, -0.2) is 18.6 Å². The van der Waals surface area contributed by atoms with E-state index in [1.54, 1.807) is 18.2 Å². The molecule has 31 heavy (non-hydrogen) atoms. The van der Waals surface area contributed by atoms with Crippen molar-refractivity contribution in [3.05, 3.63) is 94.5 Å². The van der Waals surface area contributed by atoms with Gasteiger partial charge in [-0.3, -0.25) is 9.52 Å². The van der Waals surface area contributed by atoms with Crippen molar-refractivity contribution >= 4 is 45.4 Å². The summed E-state index contributed by atoms with van der Waals surface area (Å²) in [4.78, 5) is 23.1. The van der Waals surface area contributed by atoms with Gasteiger partial charge < -0.3 is 5.11 Å². The smallest absolute Gasteiger partial charge is 0.335 e. The molecule has 0 saturated carbocycles. The lowest BCUT2D eigenvalue weighted by atomic mass is 10.1. The molecule has 0 bridgehead atoms. The molecular weight excluding hydrogens is 442 g/mol. The van der Waals surface area contributed by atoms with Crippen LogP contribution in [0.25, 0.3) is 0 Å². The van der Waals surface area contributed by atoms with E-state index in [-0.39, 0.29) is 16.0 Å². The van der Waals surface area contributed by atoms with Crippen LogP contribution in [0.4, 0.5) is 5.69 Å². The number of halogens is 1. The first-order valence-corrected chi connectivity index (χ1v) is 10.7. The first-order valence-electron chi connectivity index (χ1n) is 8.80. The molecule has 3 N–H and O–H groups in total. The molecule has 0 unspecified atom stereocenters. The number of hydrazone groups is 1. The van der Waals surface area contributed by atoms with Crippen LogP contribution in [0.2, 0.25) is 5.02 Å². The second-order valence-electron chi connectivity index (χ2n) is 6.27. The van der Waals surface area contributed by atoms with Crippen LogP contribution in [0.15, 0.2) is 82.8 Å². The second kappa shape index (κ2) is 9.41. The zero-order valence-electron chi connectivity index (χ0n) is 15.8. The van der Waals surface area contributed by atoms with Crippen LogP contribution in [0.5, 0.6) is 0 Å². The highest BCUT2D eigenvalue weighted by molar-refractivity contribution is 7.92. The molecule has 158 valence electrons. The summed E-state index contributed by atoms with van der Waals surface area (Å²) in [5, 5.41) is 13.1. The molecule has 0 spiro atoms. The van der Waals surface area contributed by atoms with Gasteiger partial charge in [0.2, 0.25) is 0 Å². The number of nitrogens with one attached hydrogen (secondary N) is 2. The fourth-order valence-corrected chi connectivity index (χ4v) is 3.80. The van der Waals surface area contributed by atoms with Gasteiger partial charge in [-0.05, 0) is 54.1 Å². The van der Waals surface area contributed by atoms with Gasteiger partial charge >= 0.3 is 5.97 Å². The zero-order valence-corrected chi connectivity index (χ0v) is 17.4. The molecule has 3 aromatic carbocycles. The van der Waals surface area contributed by atoms with Gasteiger partial charge in [0.25, 0.3) is 15.9 Å². The van der Waals surface area contributed by atoms with E-state index in [2.05, 4.69) is 15.2 Å². The average Bonchev–Trinajstić information content (AvgIpc) is 2.74. The third kappa shape index (κ3) is 5.91. The van der Waals surface area contributed by atoms with Crippen LogP contribution < -0.4 is 10.1 Å². The van der Waals surface area contributed by atoms with Gasteiger partial charge in [-0.2, -0.15) is 5.10 Å². The maximum Gasteiger partial charge on any atom is 0.335 e. The number of rotatable bonds is 7. The number of carboxylic acids is 1. The molecule has 0 aliphatic rings. The van der Waals surface area contributed by atoms with E-state index >= 15 is 0 Å². The molecule has 3 aromatic rings. The zero-order chi connectivity index (χ0) is 22.4. The molecule has 0 aliphatic carbocycles. The summed E-state index contributed by atoms with van der Waals surface area (Å²) < 4.78 is 27.6. The number of nitrogens with zero attached hydrogens (tertiary/aromatic N) is 1. The lowest BCUT2D eigenvalue weighted by Gasteiger charge is -2.09. The average molecular weight is 458 g/mol. The first-order chi connectivity index (χ1) is 14.7. The maximum absolute atomic E-state index is 12.6. The monoisotopic (exact) mass is 457 g/mol. The van der Waals surface area contributed by atoms with E-state index < -0.39 is 21.9 Å². The fourth-order valence-electron chi connectivity index (χ4n) is 2.51. The molecule has 3 rings (SSSR count). The van der Waals surface area contributed by atoms with Gasteiger partial charge in [0.05, 0.1) is 22.4 Å². The Morgan fingerprint density at radius 1 is 0.935 bits per heavy atom. The number of amides is 1. The number of sulfonamides is 1. The summed E-state index contributed by atoms with van der Waals surface area (Å²) in [5.41, 5.74) is 3.39. The lowest BCUT2D eigenvalue weighted by Crippen LogP contribution is -2.19. The van der Waals surface area contributed by atoms with E-state index in [0.29, 0.717) is 16.3 Å². The minimum atomic E-state index is -3.94. The molecular formula is C21H16ClN3O5S. The van der Waals surface area contributed by atoms with E-state index in [0.717, 1.165) is 0 Å². The standard InChI is InChI=1S/C21H16ClN3O5S/c22-17-4-2-5-18(12-17)25-31(29,30)19-6-1-3-16(11-19)20(26)24-23-13-14-7-9-15(10-8-14)21(27)28/h1-13,25H,(H,24,26)(H,27,28). The first kappa shape index (κ1) is 22.0. The molecule has 10 heteroatoms. The van der Waals surface area contributed by atoms with Crippen molar-refractivity contribution in [3.63, 3.8) is 0 Å². The van der Waals surface area contributed by atoms with Crippen LogP contribution >= 0.6 is 11.6 Å². The highest BCUT2D eigenvalue weighted by Gasteiger charge is 2.16. The Morgan fingerprint density at radius 3 is 2.32 bits per heavy atom. The topological polar surface area (TPSA) is 125 Å². The molecule has 0 fully saturated rings. The summed E-state index contributed by atoms with van der Waals surface area (Å²) in [6.07, 6.45) is 1.34. The van der Waals surface area contributed by atoms with Crippen LogP contribution in [0.3, 0.4) is 0 Å². The van der Waals surface area contributed by atoms with Crippen LogP contribution in [0.1, 0.15) is 26.3 Å². The predicted octanol–water partition coefficient (Wildman–Crippen LogP) is 3.60. The largest absolute Gasteiger partial charge is 0.478 e. The van der Waals surface area contributed by atoms with Crippen molar-refractivity contribution < 1.29 is 23.1 Å². The summed E-state index contributed by atoms with van der Waals surface area (Å²) in [6, 6.07) is 17.6. The Morgan fingerprint density at radius 2 is 1.65 bits per heavy atom. The number of carbonyl (C=O) groups excluding carboxylic acids is 1. The van der Waals surface area contributed by atoms with Crippen LogP contribution in [0, 0.1) is 0 Å². The molecule has 1 amide bonds. The summed E-state index contributed by atoms with van der Waals surface area (Å²) in [5.74, 6) is -1.66. The molecule has 0 heterocycles. The Kier molecular flexibility index (Phi) is 6.68. The Hall–Kier alpha value is -3.69. The van der Waals surface area contributed by atoms with Crippen molar-refractivity contribution in [2.24, 2.45) is 5.10 Å². The lowest BCUT2D eigenvalue weighted by molar-refractivity contribution is 0.0696. The van der Waals surface area contributed by atoms with E-state index in [9.17, 15) is 18.0 Å². The molecule has 0 saturated heterocycles. The number of anilines is 1. The van der Waals surface area contributed by atoms with Crippen molar-refractivity contribution in [2.45, 2.75) is 4.90 Å². The van der Waals surface area contributed by atoms with Gasteiger partial charge in [0.1, 0.15) is 0 Å². The van der Waals surface area contributed by atoms with Crippen molar-refractivity contribution in [2.75, 3.05) is 4.72 Å². The SMILES string of the molecule is O=C(O)c1ccc(C=NNC(=O)c2cccc(S(=O)(=O)Nc3cccc(Cl)c3)c2)cc1. The van der Waals surface area contributed by atoms with Crippen LogP contribution in [-0.2, 0) is 10.0 Å². The normalized spacial score (nSPS) is 11.3. The Balaban J connectivity index is 1.70. The van der Waals surface area contributed by atoms with Gasteiger partial charge in [0.15, 0.2) is 0 Å². The minimum Gasteiger partial charge on any atom is -0.478 e. The molecule has 0 aliphatic heterocycles. The number of benzene rings is 3. The number of hydrogen-bond acceptors (Lipinski definition) is 5. The van der Waals surface area contributed by atoms with Crippen molar-refractivity contribution in [3.8, 4) is 0 Å². The van der Waals surface area contributed by atoms with Gasteiger partial charge in [0, 0.05) is 10.6 Å². The molecule has 0 aromatic heterocycles. The van der Waals surface area contributed by atoms with Gasteiger partial charge in [-0.15, -0.1) is 0 Å². The third-order valence-electron chi connectivity index (χ3n) is 4.02. The molecule has 8 nitrogen and oxygen atoms in total. The van der Waals surface area contributed by atoms with Gasteiger partial charge in [-0.1, -0.05) is 35.9 Å². The predicted molar refractivity (Wildman–Crippen MR) is 117 cm³/mol. The number of aromatic carboxylic acids is 1. The van der Waals surface area contributed by atoms with Crippen molar-refractivity contribution in [1.82, 2.24) is 5.43 Å². The van der Waals surface area contributed by atoms with E-state index in [1.807, 2.05) is 0 Å². The van der Waals surface area contributed by atoms with Crippen LogP contribution in [-0.4, -0.2) is 31.6 Å². The maximum atomic E-state index is 12.6. The summed E-state index contributed by atoms with van der Waals surface area (Å²) in [6.45, 7) is 0. The number of carbonyl (C=O) groups is 2. The van der Waals surface area contributed by atoms with E-state index in [4.69, 9.17) is 16.7 Å². The van der Waals surface area contributed by atoms with E-state index in [1.165, 1.54) is 60.8 Å². The highest BCUT2D eigenvalue weighted by Crippen LogP contribution is 2.20. The highest BCUT2D eigenvalue weighted by atomic mass is 35.5. The quantitative estimate of drug-likeness (QED) is 0.369. The number of hydrogen-bond donors (Lipinski definition) is 3. The fraction of sp³-hybridized carbons (Fsp3) is 0.